The number of benzene rings is 2. The molecule has 7 heteroatoms. The summed E-state index contributed by atoms with van der Waals surface area (Å²) in [7, 11) is 3.53. The number of morpholine rings is 1. The number of ether oxygens (including phenoxy) is 1. The molecule has 2 aromatic rings. The number of nitrogens with zero attached hydrogens (tertiary/aromatic N) is 4. The van der Waals surface area contributed by atoms with Gasteiger partial charge in [-0.3, -0.25) is 9.69 Å². The van der Waals surface area contributed by atoms with Crippen LogP contribution in [0.1, 0.15) is 11.1 Å². The standard InChI is InChI=1S/C26H35N5O2/c1-29(2)25(32)17-28-26(27-14-13-21-9-5-3-6-10-21)31-19-23-24(20-31)33-16-15-30(23)18-22-11-7-4-8-12-22/h3-12,23-24H,13-20H2,1-2H3,(H,27,28). The zero-order chi connectivity index (χ0) is 23.0. The van der Waals surface area contributed by atoms with E-state index in [0.717, 1.165) is 51.7 Å². The van der Waals surface area contributed by atoms with E-state index < -0.39 is 0 Å². The van der Waals surface area contributed by atoms with Crippen LogP contribution < -0.4 is 5.32 Å². The summed E-state index contributed by atoms with van der Waals surface area (Å²) < 4.78 is 6.15. The number of carbonyl (C=O) groups is 1. The van der Waals surface area contributed by atoms with Crippen molar-refractivity contribution in [2.24, 2.45) is 4.99 Å². The zero-order valence-corrected chi connectivity index (χ0v) is 19.7. The van der Waals surface area contributed by atoms with Crippen molar-refractivity contribution in [2.75, 3.05) is 53.4 Å². The lowest BCUT2D eigenvalue weighted by atomic mass is 10.1. The van der Waals surface area contributed by atoms with Gasteiger partial charge in [-0.05, 0) is 17.5 Å². The molecule has 0 aliphatic carbocycles. The number of carbonyl (C=O) groups excluding carboxylic acids is 1. The first kappa shape index (κ1) is 23.3. The second kappa shape index (κ2) is 11.3. The minimum absolute atomic E-state index is 0.00377. The third kappa shape index (κ3) is 6.33. The number of likely N-dealkylation sites (N-methyl/N-ethyl adjacent to an activating group) is 1. The molecular formula is C26H35N5O2. The molecule has 176 valence electrons. The molecule has 0 saturated carbocycles. The molecule has 2 atom stereocenters. The van der Waals surface area contributed by atoms with Gasteiger partial charge in [-0.25, -0.2) is 4.99 Å². The number of guanidine groups is 1. The molecule has 7 nitrogen and oxygen atoms in total. The van der Waals surface area contributed by atoms with Gasteiger partial charge < -0.3 is 19.9 Å². The molecule has 2 aliphatic rings. The summed E-state index contributed by atoms with van der Waals surface area (Å²) in [6, 6.07) is 21.3. The molecule has 2 heterocycles. The van der Waals surface area contributed by atoms with Gasteiger partial charge in [0.2, 0.25) is 5.91 Å². The van der Waals surface area contributed by atoms with Crippen molar-refractivity contribution in [1.82, 2.24) is 20.0 Å². The Labute approximate surface area is 197 Å². The molecule has 2 unspecified atom stereocenters. The quantitative estimate of drug-likeness (QED) is 0.516. The number of hydrogen-bond donors (Lipinski definition) is 1. The van der Waals surface area contributed by atoms with Crippen molar-refractivity contribution in [3.63, 3.8) is 0 Å². The van der Waals surface area contributed by atoms with Crippen LogP contribution in [-0.2, 0) is 22.5 Å². The Morgan fingerprint density at radius 3 is 2.45 bits per heavy atom. The monoisotopic (exact) mass is 449 g/mol. The average molecular weight is 450 g/mol. The molecular weight excluding hydrogens is 414 g/mol. The van der Waals surface area contributed by atoms with Gasteiger partial charge in [0.15, 0.2) is 5.96 Å². The van der Waals surface area contributed by atoms with E-state index in [4.69, 9.17) is 9.73 Å². The van der Waals surface area contributed by atoms with Gasteiger partial charge >= 0.3 is 0 Å². The van der Waals surface area contributed by atoms with E-state index >= 15 is 0 Å². The van der Waals surface area contributed by atoms with Crippen LogP contribution in [0, 0.1) is 0 Å². The topological polar surface area (TPSA) is 60.4 Å². The third-order valence-corrected chi connectivity index (χ3v) is 6.35. The largest absolute Gasteiger partial charge is 0.373 e. The Balaban J connectivity index is 1.43. The summed E-state index contributed by atoms with van der Waals surface area (Å²) >= 11 is 0. The number of nitrogens with one attached hydrogen (secondary N) is 1. The van der Waals surface area contributed by atoms with Crippen LogP contribution in [0.2, 0.25) is 0 Å². The molecule has 4 rings (SSSR count). The number of likely N-dealkylation sites (tertiary alicyclic amines) is 1. The molecule has 0 bridgehead atoms. The fraction of sp³-hybridized carbons (Fsp3) is 0.462. The van der Waals surface area contributed by atoms with E-state index in [1.807, 2.05) is 6.07 Å². The van der Waals surface area contributed by atoms with Crippen molar-refractivity contribution < 1.29 is 9.53 Å². The minimum atomic E-state index is -0.00377. The van der Waals surface area contributed by atoms with Gasteiger partial charge in [-0.15, -0.1) is 0 Å². The van der Waals surface area contributed by atoms with Crippen molar-refractivity contribution in [3.8, 4) is 0 Å². The Kier molecular flexibility index (Phi) is 7.96. The predicted octanol–water partition coefficient (Wildman–Crippen LogP) is 1.85. The predicted molar refractivity (Wildman–Crippen MR) is 131 cm³/mol. The van der Waals surface area contributed by atoms with Crippen LogP contribution in [-0.4, -0.2) is 92.1 Å². The molecule has 1 N–H and O–H groups in total. The smallest absolute Gasteiger partial charge is 0.243 e. The van der Waals surface area contributed by atoms with Crippen LogP contribution in [0.3, 0.4) is 0 Å². The van der Waals surface area contributed by atoms with Crippen LogP contribution in [0.15, 0.2) is 65.7 Å². The second-order valence-electron chi connectivity index (χ2n) is 8.93. The Bertz CT molecular complexity index is 919. The number of aliphatic imine (C=N–C) groups is 1. The molecule has 2 fully saturated rings. The molecule has 0 spiro atoms. The lowest BCUT2D eigenvalue weighted by Crippen LogP contribution is -2.50. The van der Waals surface area contributed by atoms with Gasteiger partial charge in [0.25, 0.3) is 0 Å². The number of hydrogen-bond acceptors (Lipinski definition) is 4. The SMILES string of the molecule is CN(C)C(=O)CN=C(NCCc1ccccc1)N1CC2OCCN(Cc3ccccc3)C2C1. The van der Waals surface area contributed by atoms with Gasteiger partial charge in [0, 0.05) is 46.8 Å². The van der Waals surface area contributed by atoms with E-state index in [1.54, 1.807) is 19.0 Å². The molecule has 2 aromatic carbocycles. The zero-order valence-electron chi connectivity index (χ0n) is 19.7. The number of fused-ring (bicyclic) bond motifs is 1. The summed E-state index contributed by atoms with van der Waals surface area (Å²) in [6.07, 6.45) is 1.05. The van der Waals surface area contributed by atoms with Crippen LogP contribution in [0.4, 0.5) is 0 Å². The first-order chi connectivity index (χ1) is 16.1. The molecule has 0 aromatic heterocycles. The summed E-state index contributed by atoms with van der Waals surface area (Å²) in [5.74, 6) is 0.787. The second-order valence-corrected chi connectivity index (χ2v) is 8.93. The lowest BCUT2D eigenvalue weighted by molar-refractivity contribution is -0.127. The van der Waals surface area contributed by atoms with Gasteiger partial charge in [-0.2, -0.15) is 0 Å². The normalized spacial score (nSPS) is 21.0. The fourth-order valence-electron chi connectivity index (χ4n) is 4.46. The van der Waals surface area contributed by atoms with Gasteiger partial charge in [0.05, 0.1) is 18.8 Å². The molecule has 1 amide bonds. The molecule has 2 saturated heterocycles. The van der Waals surface area contributed by atoms with Crippen LogP contribution >= 0.6 is 0 Å². The average Bonchev–Trinajstić information content (AvgIpc) is 3.27. The molecule has 33 heavy (non-hydrogen) atoms. The van der Waals surface area contributed by atoms with E-state index in [1.165, 1.54) is 11.1 Å². The summed E-state index contributed by atoms with van der Waals surface area (Å²) in [5.41, 5.74) is 2.60. The van der Waals surface area contributed by atoms with E-state index in [-0.39, 0.29) is 18.6 Å². The maximum absolute atomic E-state index is 12.2. The van der Waals surface area contributed by atoms with E-state index in [0.29, 0.717) is 6.04 Å². The van der Waals surface area contributed by atoms with Gasteiger partial charge in [-0.1, -0.05) is 60.7 Å². The Morgan fingerprint density at radius 2 is 1.76 bits per heavy atom. The van der Waals surface area contributed by atoms with Crippen LogP contribution in [0.5, 0.6) is 0 Å². The number of amides is 1. The Morgan fingerprint density at radius 1 is 1.06 bits per heavy atom. The highest BCUT2D eigenvalue weighted by Crippen LogP contribution is 2.24. The van der Waals surface area contributed by atoms with Crippen molar-refractivity contribution >= 4 is 11.9 Å². The highest BCUT2D eigenvalue weighted by Gasteiger charge is 2.41. The summed E-state index contributed by atoms with van der Waals surface area (Å²) in [4.78, 5) is 23.3. The first-order valence-electron chi connectivity index (χ1n) is 11.8. The summed E-state index contributed by atoms with van der Waals surface area (Å²) in [6.45, 7) is 5.12. The highest BCUT2D eigenvalue weighted by molar-refractivity contribution is 5.85. The third-order valence-electron chi connectivity index (χ3n) is 6.35. The van der Waals surface area contributed by atoms with Gasteiger partial charge in [0.1, 0.15) is 6.54 Å². The molecule has 0 radical (unpaired) electrons. The Hall–Kier alpha value is -2.90. The van der Waals surface area contributed by atoms with Crippen molar-refractivity contribution in [3.05, 3.63) is 71.8 Å². The van der Waals surface area contributed by atoms with E-state index in [2.05, 4.69) is 69.7 Å². The summed E-state index contributed by atoms with van der Waals surface area (Å²) in [5, 5.41) is 3.51. The fourth-order valence-corrected chi connectivity index (χ4v) is 4.46. The maximum Gasteiger partial charge on any atom is 0.243 e. The highest BCUT2D eigenvalue weighted by atomic mass is 16.5. The molecule has 2 aliphatic heterocycles. The van der Waals surface area contributed by atoms with Crippen molar-refractivity contribution in [2.45, 2.75) is 25.1 Å². The minimum Gasteiger partial charge on any atom is -0.373 e. The van der Waals surface area contributed by atoms with Crippen LogP contribution in [0.25, 0.3) is 0 Å². The van der Waals surface area contributed by atoms with E-state index in [9.17, 15) is 4.79 Å². The lowest BCUT2D eigenvalue weighted by Gasteiger charge is -2.36. The maximum atomic E-state index is 12.2. The number of rotatable bonds is 7. The first-order valence-corrected chi connectivity index (χ1v) is 11.8. The van der Waals surface area contributed by atoms with Crippen molar-refractivity contribution in [1.29, 1.82) is 0 Å².